The van der Waals surface area contributed by atoms with Gasteiger partial charge in [0, 0.05) is 76.0 Å². The van der Waals surface area contributed by atoms with Crippen molar-refractivity contribution in [2.75, 3.05) is 61.3 Å². The Morgan fingerprint density at radius 3 is 2.33 bits per heavy atom. The average Bonchev–Trinajstić information content (AvgIpc) is 3.69. The van der Waals surface area contributed by atoms with Gasteiger partial charge in [0.2, 0.25) is 23.7 Å². The third-order valence-corrected chi connectivity index (χ3v) is 12.4. The number of hydrogen-bond donors (Lipinski definition) is 3. The van der Waals surface area contributed by atoms with E-state index >= 15 is 4.39 Å². The van der Waals surface area contributed by atoms with Crippen LogP contribution in [0.25, 0.3) is 11.0 Å². The number of aromatic nitrogens is 4. The third-order valence-electron chi connectivity index (χ3n) is 12.4. The van der Waals surface area contributed by atoms with Crippen LogP contribution in [-0.4, -0.2) is 116 Å². The number of rotatable bonds is 9. The molecule has 0 spiro atoms. The van der Waals surface area contributed by atoms with E-state index in [1.807, 2.05) is 50.1 Å². The van der Waals surface area contributed by atoms with E-state index in [4.69, 9.17) is 0 Å². The highest BCUT2D eigenvalue weighted by Crippen LogP contribution is 2.34. The molecule has 4 aliphatic rings. The Balaban J connectivity index is 0.755. The number of piperazine rings is 1. The number of halogens is 1. The first kappa shape index (κ1) is 39.7. The molecule has 17 heteroatoms. The molecule has 1 atom stereocenters. The zero-order chi connectivity index (χ0) is 42.5. The fourth-order valence-electron chi connectivity index (χ4n) is 8.94. The van der Waals surface area contributed by atoms with E-state index in [9.17, 15) is 24.0 Å². The highest BCUT2D eigenvalue weighted by Gasteiger charge is 2.45. The van der Waals surface area contributed by atoms with Gasteiger partial charge in [-0.3, -0.25) is 39.1 Å². The lowest BCUT2D eigenvalue weighted by Crippen LogP contribution is -2.54. The van der Waals surface area contributed by atoms with Gasteiger partial charge in [0.25, 0.3) is 11.8 Å². The van der Waals surface area contributed by atoms with Gasteiger partial charge in [-0.2, -0.15) is 10.1 Å². The van der Waals surface area contributed by atoms with Gasteiger partial charge >= 0.3 is 0 Å². The van der Waals surface area contributed by atoms with Crippen molar-refractivity contribution in [2.45, 2.75) is 51.5 Å². The molecule has 9 rings (SSSR count). The molecule has 4 aliphatic heterocycles. The second kappa shape index (κ2) is 16.0. The lowest BCUT2D eigenvalue weighted by atomic mass is 9.89. The number of nitrogens with zero attached hydrogens (tertiary/aromatic N) is 8. The van der Waals surface area contributed by atoms with Gasteiger partial charge in [0.05, 0.1) is 23.1 Å². The van der Waals surface area contributed by atoms with Crippen LogP contribution in [0.2, 0.25) is 0 Å². The molecule has 5 amide bonds. The summed E-state index contributed by atoms with van der Waals surface area (Å²) in [5.74, 6) is -1.45. The van der Waals surface area contributed by atoms with Crippen LogP contribution in [0.4, 0.5) is 33.2 Å². The lowest BCUT2D eigenvalue weighted by Gasteiger charge is -2.38. The third kappa shape index (κ3) is 7.65. The van der Waals surface area contributed by atoms with Crippen LogP contribution in [0.1, 0.15) is 69.0 Å². The second-order valence-electron chi connectivity index (χ2n) is 16.3. The maximum Gasteiger partial charge on any atom is 0.262 e. The van der Waals surface area contributed by atoms with Crippen molar-refractivity contribution in [1.82, 2.24) is 39.8 Å². The predicted molar refractivity (Wildman–Crippen MR) is 226 cm³/mol. The molecule has 6 heterocycles. The van der Waals surface area contributed by atoms with E-state index in [0.717, 1.165) is 32.8 Å². The monoisotopic (exact) mass is 827 g/mol. The number of carbonyl (C=O) groups excluding carboxylic acids is 5. The van der Waals surface area contributed by atoms with E-state index in [1.165, 1.54) is 6.07 Å². The van der Waals surface area contributed by atoms with Crippen molar-refractivity contribution < 1.29 is 28.4 Å². The van der Waals surface area contributed by atoms with Crippen molar-refractivity contribution in [1.29, 1.82) is 0 Å². The molecule has 3 saturated heterocycles. The van der Waals surface area contributed by atoms with Crippen LogP contribution in [-0.2, 0) is 21.4 Å². The Morgan fingerprint density at radius 1 is 0.869 bits per heavy atom. The Kier molecular flexibility index (Phi) is 10.4. The first-order valence-electron chi connectivity index (χ1n) is 20.6. The number of para-hydroxylation sites is 1. The van der Waals surface area contributed by atoms with Gasteiger partial charge in [-0.1, -0.05) is 24.3 Å². The minimum Gasteiger partial charge on any atom is -0.369 e. The van der Waals surface area contributed by atoms with Crippen LogP contribution in [0.15, 0.2) is 60.8 Å². The van der Waals surface area contributed by atoms with Gasteiger partial charge in [-0.25, -0.2) is 14.1 Å². The van der Waals surface area contributed by atoms with Gasteiger partial charge in [0.1, 0.15) is 11.9 Å². The van der Waals surface area contributed by atoms with E-state index in [2.05, 4.69) is 40.8 Å². The summed E-state index contributed by atoms with van der Waals surface area (Å²) < 4.78 is 17.3. The smallest absolute Gasteiger partial charge is 0.262 e. The maximum absolute atomic E-state index is 15.6. The lowest BCUT2D eigenvalue weighted by molar-refractivity contribution is -0.136. The SMILES string of the molecule is Cc1cccc(C)c1Nc1nn(C)c2nc(Nc3ccc(C4CCN(C(=O)CN5CCN(c6ccc7c(c6)C(=O)N(C6CCC(=O)NC6=O)C7=O)CC5)CC4)c(F)c3)ncc12. The molecule has 314 valence electrons. The average molecular weight is 828 g/mol. The summed E-state index contributed by atoms with van der Waals surface area (Å²) in [6.45, 7) is 7.95. The minimum absolute atomic E-state index is 0.0166. The van der Waals surface area contributed by atoms with Crippen LogP contribution < -0.4 is 20.9 Å². The number of hydrogen-bond acceptors (Lipinski definition) is 12. The fraction of sp³-hybridized carbons (Fsp3) is 0.364. The molecule has 2 aromatic heterocycles. The number of nitrogens with one attached hydrogen (secondary N) is 3. The minimum atomic E-state index is -1.01. The molecule has 0 saturated carbocycles. The number of imide groups is 2. The van der Waals surface area contributed by atoms with Gasteiger partial charge in [-0.15, -0.1) is 0 Å². The highest BCUT2D eigenvalue weighted by atomic mass is 19.1. The molecule has 3 aromatic carbocycles. The Bertz CT molecular complexity index is 2590. The number of anilines is 5. The standard InChI is InChI=1S/C44H46FN11O5/c1-25-5-4-6-26(2)38(25)49-39-33-23-46-44(50-40(33)52(3)51-39)47-28-7-9-30(34(45)21-28)27-13-15-55(16-14-27)37(58)24-53-17-19-54(20-18-53)29-8-10-31-32(22-29)43(61)56(42(31)60)35-11-12-36(57)48-41(35)59/h4-10,21-23,27,35H,11-20,24H2,1-3H3,(H,49,51)(H,46,47,50)(H,48,57,59). The quantitative estimate of drug-likeness (QED) is 0.177. The van der Waals surface area contributed by atoms with E-state index < -0.39 is 29.7 Å². The number of fused-ring (bicyclic) bond motifs is 2. The van der Waals surface area contributed by atoms with Crippen molar-refractivity contribution in [3.05, 3.63) is 94.4 Å². The molecule has 3 fully saturated rings. The van der Waals surface area contributed by atoms with Crippen LogP contribution in [0.3, 0.4) is 0 Å². The number of aryl methyl sites for hydroxylation is 3. The van der Waals surface area contributed by atoms with Gasteiger partial charge in [0.15, 0.2) is 11.5 Å². The molecule has 0 bridgehead atoms. The summed E-state index contributed by atoms with van der Waals surface area (Å²) >= 11 is 0. The summed E-state index contributed by atoms with van der Waals surface area (Å²) in [6, 6.07) is 15.3. The van der Waals surface area contributed by atoms with Crippen LogP contribution >= 0.6 is 0 Å². The normalized spacial score (nSPS) is 18.8. The fourth-order valence-corrected chi connectivity index (χ4v) is 8.94. The predicted octanol–water partition coefficient (Wildman–Crippen LogP) is 4.54. The topological polar surface area (TPSA) is 178 Å². The molecule has 61 heavy (non-hydrogen) atoms. The molecule has 1 unspecified atom stereocenters. The van der Waals surface area contributed by atoms with Crippen molar-refractivity contribution in [2.24, 2.45) is 7.05 Å². The summed E-state index contributed by atoms with van der Waals surface area (Å²) in [5, 5.41) is 14.2. The van der Waals surface area contributed by atoms with Crippen LogP contribution in [0, 0.1) is 19.7 Å². The molecule has 0 radical (unpaired) electrons. The second-order valence-corrected chi connectivity index (χ2v) is 16.3. The Hall–Kier alpha value is -6.75. The maximum atomic E-state index is 15.6. The Morgan fingerprint density at radius 2 is 1.61 bits per heavy atom. The van der Waals surface area contributed by atoms with Crippen molar-refractivity contribution in [3.8, 4) is 0 Å². The summed E-state index contributed by atoms with van der Waals surface area (Å²) in [5.41, 5.74) is 6.24. The summed E-state index contributed by atoms with van der Waals surface area (Å²) in [4.78, 5) is 80.1. The zero-order valence-electron chi connectivity index (χ0n) is 34.2. The van der Waals surface area contributed by atoms with Crippen molar-refractivity contribution in [3.63, 3.8) is 0 Å². The van der Waals surface area contributed by atoms with Crippen LogP contribution in [0.5, 0.6) is 0 Å². The number of carbonyl (C=O) groups is 5. The largest absolute Gasteiger partial charge is 0.369 e. The first-order valence-corrected chi connectivity index (χ1v) is 20.6. The Labute approximate surface area is 351 Å². The highest BCUT2D eigenvalue weighted by molar-refractivity contribution is 6.23. The van der Waals surface area contributed by atoms with Gasteiger partial charge < -0.3 is 20.4 Å². The molecule has 0 aliphatic carbocycles. The number of likely N-dealkylation sites (tertiary alicyclic amines) is 1. The number of amides is 5. The molecule has 16 nitrogen and oxygen atoms in total. The van der Waals surface area contributed by atoms with E-state index in [-0.39, 0.29) is 48.2 Å². The zero-order valence-corrected chi connectivity index (χ0v) is 34.2. The van der Waals surface area contributed by atoms with Crippen molar-refractivity contribution >= 4 is 69.4 Å². The number of piperidine rings is 2. The van der Waals surface area contributed by atoms with E-state index in [1.54, 1.807) is 35.1 Å². The molecular formula is C44H46FN11O5. The number of benzene rings is 3. The van der Waals surface area contributed by atoms with Gasteiger partial charge in [-0.05, 0) is 86.1 Å². The van der Waals surface area contributed by atoms with E-state index in [0.29, 0.717) is 80.8 Å². The molecule has 3 N–H and O–H groups in total. The summed E-state index contributed by atoms with van der Waals surface area (Å²) in [6.07, 6.45) is 3.18. The molecular weight excluding hydrogens is 782 g/mol. The first-order chi connectivity index (χ1) is 29.4. The summed E-state index contributed by atoms with van der Waals surface area (Å²) in [7, 11) is 1.82. The molecule has 5 aromatic rings.